The molecular formula is C18H25ClF2N2O. The zero-order valence-corrected chi connectivity index (χ0v) is 14.5. The SMILES string of the molecule is Cl.NC1CCC(C(=O)N(Cc2c(F)cccc2F)C2CCCC2)C1. The second-order valence-electron chi connectivity index (χ2n) is 6.87. The van der Waals surface area contributed by atoms with Crippen molar-refractivity contribution in [3.63, 3.8) is 0 Å². The van der Waals surface area contributed by atoms with Crippen LogP contribution in [0.4, 0.5) is 8.78 Å². The van der Waals surface area contributed by atoms with E-state index in [9.17, 15) is 13.6 Å². The number of rotatable bonds is 4. The average Bonchev–Trinajstić information content (AvgIpc) is 3.18. The number of hydrogen-bond donors (Lipinski definition) is 1. The van der Waals surface area contributed by atoms with Gasteiger partial charge in [0.05, 0.1) is 6.54 Å². The Hall–Kier alpha value is -1.20. The third-order valence-corrected chi connectivity index (χ3v) is 5.26. The van der Waals surface area contributed by atoms with E-state index in [1.165, 1.54) is 18.2 Å². The molecule has 2 aliphatic rings. The lowest BCUT2D eigenvalue weighted by Gasteiger charge is -2.31. The first kappa shape index (κ1) is 19.1. The number of benzene rings is 1. The monoisotopic (exact) mass is 358 g/mol. The summed E-state index contributed by atoms with van der Waals surface area (Å²) in [5.74, 6) is -1.24. The minimum atomic E-state index is -0.580. The second-order valence-corrected chi connectivity index (χ2v) is 6.87. The number of hydrogen-bond acceptors (Lipinski definition) is 2. The highest BCUT2D eigenvalue weighted by Gasteiger charge is 2.35. The maximum Gasteiger partial charge on any atom is 0.226 e. The maximum atomic E-state index is 14.0. The van der Waals surface area contributed by atoms with E-state index in [4.69, 9.17) is 5.73 Å². The van der Waals surface area contributed by atoms with Crippen LogP contribution in [0.2, 0.25) is 0 Å². The molecule has 1 aromatic rings. The fourth-order valence-corrected chi connectivity index (χ4v) is 3.93. The molecule has 0 saturated heterocycles. The van der Waals surface area contributed by atoms with E-state index in [1.54, 1.807) is 4.90 Å². The summed E-state index contributed by atoms with van der Waals surface area (Å²) in [6.07, 6.45) is 6.28. The summed E-state index contributed by atoms with van der Waals surface area (Å²) in [5, 5.41) is 0. The first-order valence-corrected chi connectivity index (χ1v) is 8.55. The minimum Gasteiger partial charge on any atom is -0.335 e. The third-order valence-electron chi connectivity index (χ3n) is 5.26. The number of nitrogens with zero attached hydrogens (tertiary/aromatic N) is 1. The molecule has 0 bridgehead atoms. The Morgan fingerprint density at radius 3 is 2.29 bits per heavy atom. The van der Waals surface area contributed by atoms with Gasteiger partial charge in [-0.3, -0.25) is 4.79 Å². The topological polar surface area (TPSA) is 46.3 Å². The molecule has 2 atom stereocenters. The zero-order valence-electron chi connectivity index (χ0n) is 13.7. The number of carbonyl (C=O) groups excluding carboxylic acids is 1. The number of nitrogens with two attached hydrogens (primary N) is 1. The first-order chi connectivity index (χ1) is 11.1. The Bertz CT molecular complexity index is 558. The van der Waals surface area contributed by atoms with E-state index in [-0.39, 0.29) is 48.4 Å². The van der Waals surface area contributed by atoms with Crippen molar-refractivity contribution in [1.29, 1.82) is 0 Å². The van der Waals surface area contributed by atoms with Crippen LogP contribution in [-0.2, 0) is 11.3 Å². The molecule has 0 heterocycles. The van der Waals surface area contributed by atoms with Crippen molar-refractivity contribution >= 4 is 18.3 Å². The Morgan fingerprint density at radius 2 is 1.75 bits per heavy atom. The number of amides is 1. The molecule has 0 aliphatic heterocycles. The smallest absolute Gasteiger partial charge is 0.226 e. The van der Waals surface area contributed by atoms with Crippen molar-refractivity contribution in [3.8, 4) is 0 Å². The fraction of sp³-hybridized carbons (Fsp3) is 0.611. The Labute approximate surface area is 148 Å². The Morgan fingerprint density at radius 1 is 1.12 bits per heavy atom. The van der Waals surface area contributed by atoms with Gasteiger partial charge in [0.1, 0.15) is 11.6 Å². The van der Waals surface area contributed by atoms with Crippen LogP contribution in [0.1, 0.15) is 50.5 Å². The van der Waals surface area contributed by atoms with Gasteiger partial charge in [-0.1, -0.05) is 18.9 Å². The predicted octanol–water partition coefficient (Wildman–Crippen LogP) is 3.79. The fourth-order valence-electron chi connectivity index (χ4n) is 3.93. The molecule has 2 aliphatic carbocycles. The van der Waals surface area contributed by atoms with Gasteiger partial charge in [0, 0.05) is 23.6 Å². The van der Waals surface area contributed by atoms with Crippen LogP contribution in [0.25, 0.3) is 0 Å². The highest BCUT2D eigenvalue weighted by atomic mass is 35.5. The molecule has 0 spiro atoms. The van der Waals surface area contributed by atoms with Gasteiger partial charge in [0.15, 0.2) is 0 Å². The summed E-state index contributed by atoms with van der Waals surface area (Å²) in [7, 11) is 0. The van der Waals surface area contributed by atoms with E-state index in [0.717, 1.165) is 38.5 Å². The highest BCUT2D eigenvalue weighted by Crippen LogP contribution is 2.32. The standard InChI is InChI=1S/C18H24F2N2O.ClH/c19-16-6-3-7-17(20)15(16)11-22(14-4-1-2-5-14)18(23)12-8-9-13(21)10-12;/h3,6-7,12-14H,1-2,4-5,8-11,21H2;1H. The molecule has 1 aromatic carbocycles. The lowest BCUT2D eigenvalue weighted by atomic mass is 10.0. The van der Waals surface area contributed by atoms with E-state index in [2.05, 4.69) is 0 Å². The van der Waals surface area contributed by atoms with Crippen LogP contribution in [0.15, 0.2) is 18.2 Å². The van der Waals surface area contributed by atoms with Gasteiger partial charge in [-0.05, 0) is 44.2 Å². The van der Waals surface area contributed by atoms with Crippen LogP contribution in [0.5, 0.6) is 0 Å². The van der Waals surface area contributed by atoms with Crippen molar-refractivity contribution < 1.29 is 13.6 Å². The molecule has 2 fully saturated rings. The first-order valence-electron chi connectivity index (χ1n) is 8.55. The molecule has 6 heteroatoms. The van der Waals surface area contributed by atoms with Gasteiger partial charge in [-0.25, -0.2) is 8.78 Å². The molecule has 3 nitrogen and oxygen atoms in total. The predicted molar refractivity (Wildman–Crippen MR) is 91.7 cm³/mol. The molecular weight excluding hydrogens is 334 g/mol. The van der Waals surface area contributed by atoms with Crippen molar-refractivity contribution in [1.82, 2.24) is 4.90 Å². The summed E-state index contributed by atoms with van der Waals surface area (Å²) < 4.78 is 28.0. The van der Waals surface area contributed by atoms with Crippen molar-refractivity contribution in [2.45, 2.75) is 63.6 Å². The summed E-state index contributed by atoms with van der Waals surface area (Å²) in [6.45, 7) is 0.0216. The summed E-state index contributed by atoms with van der Waals surface area (Å²) in [6, 6.07) is 4.02. The van der Waals surface area contributed by atoms with Crippen LogP contribution >= 0.6 is 12.4 Å². The van der Waals surface area contributed by atoms with Gasteiger partial charge in [-0.2, -0.15) is 0 Å². The van der Waals surface area contributed by atoms with E-state index in [1.807, 2.05) is 0 Å². The van der Waals surface area contributed by atoms with Crippen molar-refractivity contribution in [2.75, 3.05) is 0 Å². The van der Waals surface area contributed by atoms with Crippen LogP contribution < -0.4 is 5.73 Å². The largest absolute Gasteiger partial charge is 0.335 e. The van der Waals surface area contributed by atoms with Gasteiger partial charge in [-0.15, -0.1) is 12.4 Å². The third kappa shape index (κ3) is 4.06. The normalized spacial score (nSPS) is 24.0. The van der Waals surface area contributed by atoms with E-state index in [0.29, 0.717) is 6.42 Å². The molecule has 2 N–H and O–H groups in total. The Kier molecular flexibility index (Phi) is 6.58. The summed E-state index contributed by atoms with van der Waals surface area (Å²) >= 11 is 0. The van der Waals surface area contributed by atoms with Crippen LogP contribution in [-0.4, -0.2) is 22.9 Å². The van der Waals surface area contributed by atoms with Crippen molar-refractivity contribution in [2.24, 2.45) is 11.7 Å². The summed E-state index contributed by atoms with van der Waals surface area (Å²) in [5.41, 5.74) is 5.92. The molecule has 24 heavy (non-hydrogen) atoms. The van der Waals surface area contributed by atoms with Gasteiger partial charge < -0.3 is 10.6 Å². The van der Waals surface area contributed by atoms with E-state index < -0.39 is 11.6 Å². The number of halogens is 3. The lowest BCUT2D eigenvalue weighted by molar-refractivity contribution is -0.138. The van der Waals surface area contributed by atoms with Gasteiger partial charge >= 0.3 is 0 Å². The quantitative estimate of drug-likeness (QED) is 0.890. The van der Waals surface area contributed by atoms with Gasteiger partial charge in [0.25, 0.3) is 0 Å². The average molecular weight is 359 g/mol. The molecule has 2 saturated carbocycles. The molecule has 1 amide bonds. The van der Waals surface area contributed by atoms with Crippen molar-refractivity contribution in [3.05, 3.63) is 35.4 Å². The maximum absolute atomic E-state index is 14.0. The Balaban J connectivity index is 0.00000208. The lowest BCUT2D eigenvalue weighted by Crippen LogP contribution is -2.42. The summed E-state index contributed by atoms with van der Waals surface area (Å²) in [4.78, 5) is 14.6. The number of carbonyl (C=O) groups is 1. The second kappa shape index (κ2) is 8.26. The van der Waals surface area contributed by atoms with E-state index >= 15 is 0 Å². The van der Waals surface area contributed by atoms with Crippen LogP contribution in [0.3, 0.4) is 0 Å². The molecule has 134 valence electrons. The molecule has 2 unspecified atom stereocenters. The molecule has 3 rings (SSSR count). The molecule has 0 aromatic heterocycles. The highest BCUT2D eigenvalue weighted by molar-refractivity contribution is 5.85. The van der Waals surface area contributed by atoms with Crippen LogP contribution in [0, 0.1) is 17.6 Å². The minimum absolute atomic E-state index is 0. The van der Waals surface area contributed by atoms with Gasteiger partial charge in [0.2, 0.25) is 5.91 Å². The zero-order chi connectivity index (χ0) is 16.4. The molecule has 0 radical (unpaired) electrons.